The molecule has 0 saturated carbocycles. The van der Waals surface area contributed by atoms with Gasteiger partial charge in [0.2, 0.25) is 10.0 Å². The second-order valence-corrected chi connectivity index (χ2v) is 10.8. The molecule has 1 heterocycles. The van der Waals surface area contributed by atoms with E-state index in [2.05, 4.69) is 0 Å². The molecule has 1 aliphatic rings. The number of hydrogen-bond donors (Lipinski definition) is 0. The minimum Gasteiger partial charge on any atom is -0.456 e. The van der Waals surface area contributed by atoms with Crippen LogP contribution in [0.3, 0.4) is 0 Å². The van der Waals surface area contributed by atoms with Gasteiger partial charge in [-0.25, -0.2) is 13.2 Å². The van der Waals surface area contributed by atoms with E-state index < -0.39 is 21.6 Å². The van der Waals surface area contributed by atoms with Gasteiger partial charge in [0.25, 0.3) is 0 Å². The highest BCUT2D eigenvalue weighted by molar-refractivity contribution is 7.92. The summed E-state index contributed by atoms with van der Waals surface area (Å²) < 4.78 is 32.9. The van der Waals surface area contributed by atoms with Gasteiger partial charge in [0.1, 0.15) is 5.60 Å². The fourth-order valence-electron chi connectivity index (χ4n) is 3.77. The number of para-hydroxylation sites is 1. The summed E-state index contributed by atoms with van der Waals surface area (Å²) in [5.41, 5.74) is 1.95. The number of nitrogens with zero attached hydrogens (tertiary/aromatic N) is 2. The normalized spacial score (nSPS) is 16.1. The monoisotopic (exact) mass is 444 g/mol. The van der Waals surface area contributed by atoms with Crippen molar-refractivity contribution in [3.63, 3.8) is 0 Å². The summed E-state index contributed by atoms with van der Waals surface area (Å²) in [6, 6.07) is 15.2. The predicted molar refractivity (Wildman–Crippen MR) is 125 cm³/mol. The maximum atomic E-state index is 13.1. The number of rotatable bonds is 6. The second kappa shape index (κ2) is 9.30. The van der Waals surface area contributed by atoms with E-state index in [-0.39, 0.29) is 5.75 Å². The molecule has 2 aromatic rings. The minimum absolute atomic E-state index is 0.119. The number of esters is 1. The van der Waals surface area contributed by atoms with E-state index in [0.29, 0.717) is 43.0 Å². The van der Waals surface area contributed by atoms with Crippen molar-refractivity contribution in [1.29, 1.82) is 0 Å². The molecule has 0 N–H and O–H groups in total. The van der Waals surface area contributed by atoms with E-state index in [1.165, 1.54) is 4.31 Å². The van der Waals surface area contributed by atoms with Crippen LogP contribution in [0.5, 0.6) is 0 Å². The average Bonchev–Trinajstić information content (AvgIpc) is 2.71. The molecule has 0 aliphatic carbocycles. The summed E-state index contributed by atoms with van der Waals surface area (Å²) in [5.74, 6) is -0.334. The van der Waals surface area contributed by atoms with Crippen molar-refractivity contribution in [3.05, 3.63) is 59.7 Å². The van der Waals surface area contributed by atoms with Gasteiger partial charge in [-0.1, -0.05) is 36.4 Å². The second-order valence-electron chi connectivity index (χ2n) is 8.77. The molecule has 168 valence electrons. The van der Waals surface area contributed by atoms with E-state index in [1.54, 1.807) is 18.2 Å². The van der Waals surface area contributed by atoms with Gasteiger partial charge in [-0.15, -0.1) is 0 Å². The summed E-state index contributed by atoms with van der Waals surface area (Å²) in [6.07, 6.45) is 1.45. The Morgan fingerprint density at radius 2 is 1.77 bits per heavy atom. The summed E-state index contributed by atoms with van der Waals surface area (Å²) in [7, 11) is -3.44. The van der Waals surface area contributed by atoms with Gasteiger partial charge in [-0.05, 0) is 58.2 Å². The van der Waals surface area contributed by atoms with E-state index in [4.69, 9.17) is 4.74 Å². The lowest BCUT2D eigenvalue weighted by Gasteiger charge is -2.35. The molecule has 31 heavy (non-hydrogen) atoms. The zero-order valence-corrected chi connectivity index (χ0v) is 19.6. The maximum Gasteiger partial charge on any atom is 0.340 e. The summed E-state index contributed by atoms with van der Waals surface area (Å²) >= 11 is 0. The highest BCUT2D eigenvalue weighted by atomic mass is 32.2. The van der Waals surface area contributed by atoms with Crippen LogP contribution in [-0.4, -0.2) is 38.8 Å². The van der Waals surface area contributed by atoms with Crippen LogP contribution >= 0.6 is 0 Å². The van der Waals surface area contributed by atoms with Crippen LogP contribution < -0.4 is 9.21 Å². The molecule has 6 nitrogen and oxygen atoms in total. The number of sulfonamides is 1. The molecule has 0 aromatic heterocycles. The molecule has 7 heteroatoms. The molecule has 0 radical (unpaired) electrons. The number of benzene rings is 2. The predicted octanol–water partition coefficient (Wildman–Crippen LogP) is 4.60. The summed E-state index contributed by atoms with van der Waals surface area (Å²) in [6.45, 7) is 9.05. The number of hydrogen-bond acceptors (Lipinski definition) is 5. The first kappa shape index (κ1) is 23.1. The molecule has 0 unspecified atom stereocenters. The maximum absolute atomic E-state index is 13.1. The van der Waals surface area contributed by atoms with Crippen LogP contribution in [0, 0.1) is 0 Å². The molecule has 3 rings (SSSR count). The molecule has 0 amide bonds. The van der Waals surface area contributed by atoms with Crippen LogP contribution in [0.25, 0.3) is 0 Å². The minimum atomic E-state index is -3.44. The van der Waals surface area contributed by atoms with Gasteiger partial charge in [0, 0.05) is 19.6 Å². The highest BCUT2D eigenvalue weighted by Gasteiger charge is 2.32. The van der Waals surface area contributed by atoms with Crippen molar-refractivity contribution in [2.45, 2.75) is 52.7 Å². The lowest BCUT2D eigenvalue weighted by atomic mass is 10.1. The third-order valence-electron chi connectivity index (χ3n) is 5.17. The molecule has 0 bridgehead atoms. The highest BCUT2D eigenvalue weighted by Crippen LogP contribution is 2.38. The van der Waals surface area contributed by atoms with E-state index >= 15 is 0 Å². The lowest BCUT2D eigenvalue weighted by molar-refractivity contribution is 0.00702. The summed E-state index contributed by atoms with van der Waals surface area (Å²) in [4.78, 5) is 15.2. The van der Waals surface area contributed by atoms with Gasteiger partial charge < -0.3 is 9.64 Å². The fourth-order valence-corrected chi connectivity index (χ4v) is 5.42. The molecule has 0 spiro atoms. The van der Waals surface area contributed by atoms with Gasteiger partial charge in [0.05, 0.1) is 22.7 Å². The van der Waals surface area contributed by atoms with Crippen LogP contribution in [-0.2, 0) is 21.3 Å². The zero-order chi connectivity index (χ0) is 22.6. The molecule has 1 aliphatic heterocycles. The van der Waals surface area contributed by atoms with Crippen LogP contribution in [0.1, 0.15) is 56.5 Å². The van der Waals surface area contributed by atoms with E-state index in [1.807, 2.05) is 62.9 Å². The van der Waals surface area contributed by atoms with Crippen molar-refractivity contribution in [2.75, 3.05) is 28.0 Å². The Morgan fingerprint density at radius 1 is 1.06 bits per heavy atom. The molecular weight excluding hydrogens is 412 g/mol. The van der Waals surface area contributed by atoms with Crippen molar-refractivity contribution >= 4 is 27.4 Å². The Bertz CT molecular complexity index is 1010. The molecule has 0 atom stereocenters. The Morgan fingerprint density at radius 3 is 2.39 bits per heavy atom. The fraction of sp³-hybridized carbons (Fsp3) is 0.458. The SMILES string of the molecule is CCN(Cc1ccccc1)c1c(C(=O)OC(C)(C)C)cccc1N1CCCCS1(=O)=O. The lowest BCUT2D eigenvalue weighted by Crippen LogP contribution is -2.39. The van der Waals surface area contributed by atoms with Gasteiger partial charge >= 0.3 is 5.97 Å². The van der Waals surface area contributed by atoms with Crippen molar-refractivity contribution in [1.82, 2.24) is 0 Å². The number of carbonyl (C=O) groups excluding carboxylic acids is 1. The number of anilines is 2. The van der Waals surface area contributed by atoms with Crippen molar-refractivity contribution < 1.29 is 17.9 Å². The Hall–Kier alpha value is -2.54. The van der Waals surface area contributed by atoms with Gasteiger partial charge in [0.15, 0.2) is 0 Å². The molecule has 1 fully saturated rings. The van der Waals surface area contributed by atoms with Crippen LogP contribution in [0.2, 0.25) is 0 Å². The third-order valence-corrected chi connectivity index (χ3v) is 7.02. The number of ether oxygens (including phenoxy) is 1. The topological polar surface area (TPSA) is 66.9 Å². The first-order valence-electron chi connectivity index (χ1n) is 10.8. The third kappa shape index (κ3) is 5.58. The van der Waals surface area contributed by atoms with Gasteiger partial charge in [-0.2, -0.15) is 0 Å². The molecular formula is C24H32N2O4S. The molecule has 1 saturated heterocycles. The summed E-state index contributed by atoms with van der Waals surface area (Å²) in [5, 5.41) is 0. The number of carbonyl (C=O) groups is 1. The standard InChI is InChI=1S/C24H32N2O4S/c1-5-25(18-19-12-7-6-8-13-19)22-20(23(27)30-24(2,3)4)14-11-15-21(22)26-16-9-10-17-31(26,28)29/h6-8,11-15H,5,9-10,16-18H2,1-4H3. The average molecular weight is 445 g/mol. The largest absolute Gasteiger partial charge is 0.456 e. The van der Waals surface area contributed by atoms with E-state index in [9.17, 15) is 13.2 Å². The Balaban J connectivity index is 2.14. The first-order valence-corrected chi connectivity index (χ1v) is 12.4. The van der Waals surface area contributed by atoms with Gasteiger partial charge in [-0.3, -0.25) is 4.31 Å². The van der Waals surface area contributed by atoms with Crippen molar-refractivity contribution in [3.8, 4) is 0 Å². The quantitative estimate of drug-likeness (QED) is 0.609. The van der Waals surface area contributed by atoms with Crippen LogP contribution in [0.4, 0.5) is 11.4 Å². The first-order chi connectivity index (χ1) is 14.6. The Labute approximate surface area is 185 Å². The zero-order valence-electron chi connectivity index (χ0n) is 18.8. The van der Waals surface area contributed by atoms with Crippen LogP contribution in [0.15, 0.2) is 48.5 Å². The molecule has 2 aromatic carbocycles. The Kier molecular flexibility index (Phi) is 6.94. The van der Waals surface area contributed by atoms with Crippen molar-refractivity contribution in [2.24, 2.45) is 0 Å². The smallest absolute Gasteiger partial charge is 0.340 e. The van der Waals surface area contributed by atoms with E-state index in [0.717, 1.165) is 12.0 Å².